The van der Waals surface area contributed by atoms with Crippen LogP contribution in [0.25, 0.3) is 0 Å². The van der Waals surface area contributed by atoms with Gasteiger partial charge >= 0.3 is 5.97 Å². The van der Waals surface area contributed by atoms with Crippen molar-refractivity contribution >= 4 is 79.7 Å². The molecule has 0 radical (unpaired) electrons. The topological polar surface area (TPSA) is 224 Å². The van der Waals surface area contributed by atoms with Gasteiger partial charge in [0.15, 0.2) is 0 Å². The Morgan fingerprint density at radius 2 is 1.00 bits per heavy atom. The number of ether oxygens (including phenoxy) is 2. The van der Waals surface area contributed by atoms with Gasteiger partial charge in [0.2, 0.25) is 26.0 Å². The number of piperidine rings is 2. The Kier molecular flexibility index (Phi) is 28.5. The van der Waals surface area contributed by atoms with Crippen LogP contribution in [0.4, 0.5) is 23.0 Å². The second kappa shape index (κ2) is 32.2. The van der Waals surface area contributed by atoms with Crippen molar-refractivity contribution in [3.8, 4) is 11.5 Å². The van der Waals surface area contributed by atoms with Crippen molar-refractivity contribution in [1.82, 2.24) is 28.4 Å². The summed E-state index contributed by atoms with van der Waals surface area (Å²) in [5.41, 5.74) is 9.36. The van der Waals surface area contributed by atoms with E-state index in [0.717, 1.165) is 66.2 Å². The van der Waals surface area contributed by atoms with Gasteiger partial charge in [-0.15, -0.1) is 24.8 Å². The van der Waals surface area contributed by atoms with Gasteiger partial charge in [-0.25, -0.2) is 35.4 Å². The van der Waals surface area contributed by atoms with Crippen molar-refractivity contribution in [1.29, 1.82) is 0 Å². The molecule has 2 aromatic carbocycles. The molecule has 2 aliphatic rings. The number of carboxylic acids is 1. The number of aliphatic carboxylic acids is 1. The zero-order chi connectivity index (χ0) is 55.6. The highest BCUT2D eigenvalue weighted by Gasteiger charge is 2.28. The largest absolute Gasteiger partial charge is 0.497 e. The number of hydrogen-bond donors (Lipinski definition) is 3. The predicted octanol–water partition coefficient (Wildman–Crippen LogP) is 7.61. The fourth-order valence-corrected chi connectivity index (χ4v) is 12.3. The highest BCUT2D eigenvalue weighted by molar-refractivity contribution is 7.89. The minimum absolute atomic E-state index is 0. The first-order valence-corrected chi connectivity index (χ1v) is 28.5. The second-order valence-electron chi connectivity index (χ2n) is 20.2. The number of aryl methyl sites for hydroxylation is 4. The summed E-state index contributed by atoms with van der Waals surface area (Å²) < 4.78 is 63.9. The summed E-state index contributed by atoms with van der Waals surface area (Å²) in [6.07, 6.45) is 10.6. The van der Waals surface area contributed by atoms with Gasteiger partial charge < -0.3 is 45.2 Å². The maximum absolute atomic E-state index is 13.2. The maximum Gasteiger partial charge on any atom is 0.304 e. The molecule has 0 bridgehead atoms. The number of rotatable bonds is 21. The van der Waals surface area contributed by atoms with Crippen LogP contribution in [0.1, 0.15) is 73.6 Å². The number of sulfonamides is 2. The van der Waals surface area contributed by atoms with Gasteiger partial charge in [-0.05, 0) is 190 Å². The maximum atomic E-state index is 13.2. The molecule has 0 aliphatic carbocycles. The number of nitrogens with one attached hydrogen (secondary N) is 1. The van der Waals surface area contributed by atoms with E-state index < -0.39 is 26.0 Å². The molecule has 2 fully saturated rings. The van der Waals surface area contributed by atoms with E-state index in [-0.39, 0.29) is 66.4 Å². The number of nitrogen functional groups attached to an aromatic ring is 1. The molecule has 2 aliphatic heterocycles. The Bertz CT molecular complexity index is 2640. The minimum Gasteiger partial charge on any atom is -0.497 e. The molecule has 6 rings (SSSR count). The number of carbonyl (C=O) groups is 2. The molecular weight excluding hydrogens is 1070 g/mol. The molecule has 2 saturated heterocycles. The second-order valence-corrected chi connectivity index (χ2v) is 24.1. The van der Waals surface area contributed by atoms with Gasteiger partial charge in [0.05, 0.1) is 54.2 Å². The molecule has 0 saturated carbocycles. The molecule has 4 heterocycles. The van der Waals surface area contributed by atoms with Crippen LogP contribution in [0.5, 0.6) is 11.5 Å². The zero-order valence-electron chi connectivity index (χ0n) is 47.2. The predicted molar refractivity (Wildman–Crippen MR) is 314 cm³/mol. The zero-order valence-corrected chi connectivity index (χ0v) is 50.5. The Morgan fingerprint density at radius 1 is 0.623 bits per heavy atom. The third-order valence-electron chi connectivity index (χ3n) is 13.6. The number of halogens is 2. The lowest BCUT2D eigenvalue weighted by atomic mass is 9.93. The number of methoxy groups -OCH3 is 2. The first kappa shape index (κ1) is 68.1. The van der Waals surface area contributed by atoms with E-state index in [1.807, 2.05) is 24.3 Å². The van der Waals surface area contributed by atoms with Crippen molar-refractivity contribution in [3.63, 3.8) is 0 Å². The van der Waals surface area contributed by atoms with E-state index in [9.17, 15) is 26.4 Å². The number of pyridine rings is 2. The Hall–Kier alpha value is -5.00. The molecule has 1 amide bonds. The van der Waals surface area contributed by atoms with Crippen LogP contribution in [0, 0.1) is 39.5 Å². The molecule has 0 spiro atoms. The third-order valence-corrected chi connectivity index (χ3v) is 17.9. The standard InChI is InChI=1S/C27H41N5O4S.C14H24N4.C13H19NO5S.2ClH/c1-20-17-24(36-6)18-21(2)27(20)37(34,35)31(5)14-12-26(33)29-23-7-8-25(28-19-23)32-15-10-22(11-16-32)9-13-30(3)4;1-17(2)8-5-12-6-9-18(10-7-12)14-4-3-13(15)11-16-14;1-9-7-11(19-4)8-10(2)13(9)20(17,18)14(3)6-5-12(15)16;;/h7-8,17-19,22H,9-16H2,1-6H3,(H,29,33);3-4,11-12H,5-10,15H2,1-2H3;7-8H,5-6H2,1-4H3,(H,15,16);2*1H. The lowest BCUT2D eigenvalue weighted by Crippen LogP contribution is -2.35. The van der Waals surface area contributed by atoms with E-state index in [1.165, 1.54) is 70.6 Å². The summed E-state index contributed by atoms with van der Waals surface area (Å²) in [7, 11) is 7.00. The molecule has 4 aromatic rings. The summed E-state index contributed by atoms with van der Waals surface area (Å²) in [6, 6.07) is 14.4. The highest BCUT2D eigenvalue weighted by Crippen LogP contribution is 2.30. The molecule has 4 N–H and O–H groups in total. The Labute approximate surface area is 471 Å². The molecule has 23 heteroatoms. The number of anilines is 4. The van der Waals surface area contributed by atoms with Crippen molar-refractivity contribution in [3.05, 3.63) is 83.2 Å². The van der Waals surface area contributed by atoms with Crippen LogP contribution in [-0.2, 0) is 29.6 Å². The van der Waals surface area contributed by atoms with Crippen LogP contribution in [0.2, 0.25) is 0 Å². The van der Waals surface area contributed by atoms with Gasteiger partial charge in [0.25, 0.3) is 0 Å². The van der Waals surface area contributed by atoms with Crippen LogP contribution >= 0.6 is 24.8 Å². The van der Waals surface area contributed by atoms with Crippen molar-refractivity contribution in [2.24, 2.45) is 11.8 Å². The van der Waals surface area contributed by atoms with Crippen LogP contribution in [0.3, 0.4) is 0 Å². The smallest absolute Gasteiger partial charge is 0.304 e. The number of nitrogens with zero attached hydrogens (tertiary/aromatic N) is 8. The van der Waals surface area contributed by atoms with Gasteiger partial charge in [0, 0.05) is 59.8 Å². The SMILES string of the molecule is CN(C)CCC1CCN(c2ccc(N)cn2)CC1.COc1cc(C)c(S(=O)(=O)N(C)CCC(=O)Nc2ccc(N3CCC(CCN(C)C)CC3)nc2)c(C)c1.COc1cc(C)c(S(=O)(=O)N(C)CCC(=O)O)c(C)c1.Cl.Cl. The lowest BCUT2D eigenvalue weighted by molar-refractivity contribution is -0.137. The van der Waals surface area contributed by atoms with Crippen molar-refractivity contribution < 1.29 is 41.0 Å². The molecule has 0 atom stereocenters. The number of amides is 1. The molecule has 432 valence electrons. The summed E-state index contributed by atoms with van der Waals surface area (Å²) in [6.45, 7) is 13.4. The van der Waals surface area contributed by atoms with Crippen LogP contribution in [0.15, 0.2) is 70.7 Å². The average molecular weight is 1150 g/mol. The van der Waals surface area contributed by atoms with Gasteiger partial charge in [-0.1, -0.05) is 0 Å². The number of benzene rings is 2. The summed E-state index contributed by atoms with van der Waals surface area (Å²) in [4.78, 5) is 41.6. The van der Waals surface area contributed by atoms with E-state index in [4.69, 9.17) is 20.3 Å². The number of carbonyl (C=O) groups excluding carboxylic acids is 1. The fourth-order valence-electron chi connectivity index (χ4n) is 9.17. The van der Waals surface area contributed by atoms with E-state index in [2.05, 4.69) is 63.1 Å². The van der Waals surface area contributed by atoms with Crippen molar-refractivity contribution in [2.75, 3.05) is 130 Å². The normalized spacial score (nSPS) is 14.2. The quantitative estimate of drug-likeness (QED) is 0.0730. The number of nitrogens with two attached hydrogens (primary N) is 1. The van der Waals surface area contributed by atoms with Crippen LogP contribution in [-0.4, -0.2) is 171 Å². The first-order chi connectivity index (χ1) is 35.3. The summed E-state index contributed by atoms with van der Waals surface area (Å²) >= 11 is 0. The van der Waals surface area contributed by atoms with Crippen LogP contribution < -0.4 is 30.3 Å². The highest BCUT2D eigenvalue weighted by atomic mass is 35.5. The number of hydrogen-bond acceptors (Lipinski definition) is 15. The van der Waals surface area contributed by atoms with Gasteiger partial charge in [0.1, 0.15) is 23.1 Å². The minimum atomic E-state index is -3.75. The molecule has 0 unspecified atom stereocenters. The van der Waals surface area contributed by atoms with Gasteiger partial charge in [-0.3, -0.25) is 9.59 Å². The monoisotopic (exact) mass is 1150 g/mol. The van der Waals surface area contributed by atoms with E-state index in [1.54, 1.807) is 71.5 Å². The number of aromatic nitrogens is 2. The first-order valence-electron chi connectivity index (χ1n) is 25.6. The van der Waals surface area contributed by atoms with Crippen molar-refractivity contribution in [2.45, 2.75) is 88.9 Å². The molecule has 19 nitrogen and oxygen atoms in total. The number of carboxylic acid groups (broad SMARTS) is 1. The summed E-state index contributed by atoms with van der Waals surface area (Å²) in [5.74, 6) is 3.52. The fraction of sp³-hybridized carbons (Fsp3) is 0.556. The average Bonchev–Trinajstić information content (AvgIpc) is 3.36. The van der Waals surface area contributed by atoms with Gasteiger partial charge in [-0.2, -0.15) is 0 Å². The third kappa shape index (κ3) is 21.0. The summed E-state index contributed by atoms with van der Waals surface area (Å²) in [5, 5.41) is 11.5. The van der Waals surface area contributed by atoms with E-state index >= 15 is 0 Å². The molecule has 2 aromatic heterocycles. The molecule has 77 heavy (non-hydrogen) atoms. The Morgan fingerprint density at radius 3 is 1.32 bits per heavy atom. The van der Waals surface area contributed by atoms with E-state index in [0.29, 0.717) is 39.4 Å². The lowest BCUT2D eigenvalue weighted by Gasteiger charge is -2.33. The molecular formula is C54H86Cl2N10O9S2. The Balaban J connectivity index is 0.000000428.